The lowest BCUT2D eigenvalue weighted by atomic mass is 10.1. The summed E-state index contributed by atoms with van der Waals surface area (Å²) >= 11 is 1.68. The fourth-order valence-corrected chi connectivity index (χ4v) is 3.27. The molecule has 98 valence electrons. The summed E-state index contributed by atoms with van der Waals surface area (Å²) in [6.07, 6.45) is 1.79. The number of hydrogen-bond acceptors (Lipinski definition) is 5. The van der Waals surface area contributed by atoms with Gasteiger partial charge < -0.3 is 16.5 Å². The molecule has 0 unspecified atom stereocenters. The average molecular weight is 281 g/mol. The molecule has 5 N–H and O–H groups in total. The van der Waals surface area contributed by atoms with E-state index in [0.29, 0.717) is 11.8 Å². The lowest BCUT2D eigenvalue weighted by molar-refractivity contribution is 1.25. The van der Waals surface area contributed by atoms with Gasteiger partial charge >= 0.3 is 0 Å². The van der Waals surface area contributed by atoms with Crippen LogP contribution in [-0.2, 0) is 0 Å². The number of aromatic amines is 1. The Morgan fingerprint density at radius 1 is 1.20 bits per heavy atom. The zero-order valence-electron chi connectivity index (χ0n) is 10.4. The van der Waals surface area contributed by atoms with Crippen molar-refractivity contribution in [1.29, 1.82) is 0 Å². The Kier molecular flexibility index (Phi) is 2.22. The van der Waals surface area contributed by atoms with Crippen LogP contribution in [0.25, 0.3) is 32.2 Å². The molecule has 5 nitrogen and oxygen atoms in total. The van der Waals surface area contributed by atoms with Gasteiger partial charge in [0.25, 0.3) is 0 Å². The lowest BCUT2D eigenvalue weighted by Gasteiger charge is -2.08. The Balaban J connectivity index is 2.22. The normalized spacial score (nSPS) is 11.4. The van der Waals surface area contributed by atoms with Crippen molar-refractivity contribution < 1.29 is 0 Å². The van der Waals surface area contributed by atoms with Gasteiger partial charge in [-0.15, -0.1) is 11.3 Å². The summed E-state index contributed by atoms with van der Waals surface area (Å²) in [5, 5.41) is 3.91. The number of anilines is 2. The molecule has 0 aliphatic heterocycles. The van der Waals surface area contributed by atoms with Crippen LogP contribution in [0.2, 0.25) is 0 Å². The molecule has 1 aromatic carbocycles. The number of nitrogen functional groups attached to an aromatic ring is 2. The summed E-state index contributed by atoms with van der Waals surface area (Å²) in [4.78, 5) is 12.8. The molecule has 0 amide bonds. The van der Waals surface area contributed by atoms with Crippen LogP contribution < -0.4 is 11.5 Å². The second-order valence-corrected chi connectivity index (χ2v) is 5.49. The third kappa shape index (κ3) is 1.48. The number of H-pyrrole nitrogens is 1. The predicted octanol–water partition coefficient (Wildman–Crippen LogP) is 3.00. The number of fused-ring (bicyclic) bond motifs is 3. The Labute approximate surface area is 118 Å². The summed E-state index contributed by atoms with van der Waals surface area (Å²) < 4.78 is 0. The summed E-state index contributed by atoms with van der Waals surface area (Å²) in [6, 6.07) is 8.09. The van der Waals surface area contributed by atoms with Gasteiger partial charge in [-0.1, -0.05) is 6.07 Å². The van der Waals surface area contributed by atoms with E-state index in [1.54, 1.807) is 17.5 Å². The minimum Gasteiger partial charge on any atom is -0.383 e. The first-order chi connectivity index (χ1) is 9.74. The first kappa shape index (κ1) is 11.2. The quantitative estimate of drug-likeness (QED) is 0.500. The third-order valence-corrected chi connectivity index (χ3v) is 4.23. The Bertz CT molecular complexity index is 924. The summed E-state index contributed by atoms with van der Waals surface area (Å²) in [7, 11) is 0. The van der Waals surface area contributed by atoms with E-state index < -0.39 is 0 Å². The molecule has 20 heavy (non-hydrogen) atoms. The van der Waals surface area contributed by atoms with Gasteiger partial charge in [0.1, 0.15) is 5.82 Å². The van der Waals surface area contributed by atoms with Gasteiger partial charge in [0.2, 0.25) is 0 Å². The molecule has 0 radical (unpaired) electrons. The minimum absolute atomic E-state index is 0.311. The van der Waals surface area contributed by atoms with Gasteiger partial charge in [0.05, 0.1) is 11.0 Å². The van der Waals surface area contributed by atoms with Crippen molar-refractivity contribution in [3.05, 3.63) is 35.8 Å². The zero-order valence-corrected chi connectivity index (χ0v) is 11.2. The van der Waals surface area contributed by atoms with Crippen LogP contribution in [0.15, 0.2) is 35.8 Å². The molecule has 0 aliphatic rings. The van der Waals surface area contributed by atoms with Crippen LogP contribution in [-0.4, -0.2) is 15.0 Å². The van der Waals surface area contributed by atoms with Crippen LogP contribution in [0.5, 0.6) is 0 Å². The van der Waals surface area contributed by atoms with Crippen molar-refractivity contribution in [1.82, 2.24) is 15.0 Å². The molecule has 0 aliphatic carbocycles. The smallest absolute Gasteiger partial charge is 0.199 e. The lowest BCUT2D eigenvalue weighted by Crippen LogP contribution is -2.01. The largest absolute Gasteiger partial charge is 0.383 e. The van der Waals surface area contributed by atoms with Gasteiger partial charge in [-0.25, -0.2) is 0 Å². The zero-order chi connectivity index (χ0) is 13.7. The van der Waals surface area contributed by atoms with E-state index in [4.69, 9.17) is 11.5 Å². The number of benzene rings is 1. The predicted molar refractivity (Wildman–Crippen MR) is 83.5 cm³/mol. The highest BCUT2D eigenvalue weighted by Gasteiger charge is 2.14. The molecule has 0 saturated heterocycles. The fourth-order valence-electron chi connectivity index (χ4n) is 2.53. The molecule has 0 fully saturated rings. The number of rotatable bonds is 1. The van der Waals surface area contributed by atoms with Gasteiger partial charge in [-0.05, 0) is 23.6 Å². The van der Waals surface area contributed by atoms with E-state index in [2.05, 4.69) is 21.0 Å². The molecular formula is C14H11N5S. The van der Waals surface area contributed by atoms with Crippen molar-refractivity contribution in [2.24, 2.45) is 0 Å². The maximum absolute atomic E-state index is 6.01. The number of thiophene rings is 1. The summed E-state index contributed by atoms with van der Waals surface area (Å²) in [5.41, 5.74) is 14.7. The molecule has 0 spiro atoms. The number of aromatic nitrogens is 3. The molecule has 4 rings (SSSR count). The van der Waals surface area contributed by atoms with E-state index in [0.717, 1.165) is 32.2 Å². The van der Waals surface area contributed by atoms with E-state index >= 15 is 0 Å². The van der Waals surface area contributed by atoms with Gasteiger partial charge in [0.15, 0.2) is 5.95 Å². The second-order valence-electron chi connectivity index (χ2n) is 4.54. The molecule has 3 aromatic heterocycles. The average Bonchev–Trinajstić information content (AvgIpc) is 3.08. The first-order valence-corrected chi connectivity index (χ1v) is 6.98. The third-order valence-electron chi connectivity index (χ3n) is 3.33. The minimum atomic E-state index is 0.311. The van der Waals surface area contributed by atoms with E-state index in [1.807, 2.05) is 23.6 Å². The molecule has 0 atom stereocenters. The van der Waals surface area contributed by atoms with Gasteiger partial charge in [-0.2, -0.15) is 4.98 Å². The van der Waals surface area contributed by atoms with Crippen molar-refractivity contribution >= 4 is 44.9 Å². The van der Waals surface area contributed by atoms with Crippen molar-refractivity contribution in [2.45, 2.75) is 0 Å². The Hall–Kier alpha value is -2.60. The van der Waals surface area contributed by atoms with Crippen LogP contribution in [0.1, 0.15) is 0 Å². The molecular weight excluding hydrogens is 270 g/mol. The van der Waals surface area contributed by atoms with E-state index in [9.17, 15) is 0 Å². The highest BCUT2D eigenvalue weighted by molar-refractivity contribution is 7.13. The number of nitrogens with zero attached hydrogens (tertiary/aromatic N) is 2. The molecule has 0 bridgehead atoms. The van der Waals surface area contributed by atoms with Gasteiger partial charge in [-0.3, -0.25) is 4.98 Å². The highest BCUT2D eigenvalue weighted by Crippen LogP contribution is 2.37. The molecule has 0 saturated carbocycles. The van der Waals surface area contributed by atoms with Crippen molar-refractivity contribution in [3.8, 4) is 10.4 Å². The van der Waals surface area contributed by atoms with Crippen LogP contribution in [0.3, 0.4) is 0 Å². The first-order valence-electron chi connectivity index (χ1n) is 6.10. The summed E-state index contributed by atoms with van der Waals surface area (Å²) in [5.74, 6) is 0.734. The number of hydrogen-bond donors (Lipinski definition) is 3. The number of nitrogens with one attached hydrogen (secondary N) is 1. The van der Waals surface area contributed by atoms with Crippen molar-refractivity contribution in [2.75, 3.05) is 11.5 Å². The van der Waals surface area contributed by atoms with Crippen LogP contribution >= 0.6 is 11.3 Å². The number of nitrogens with two attached hydrogens (primary N) is 2. The topological polar surface area (TPSA) is 93.6 Å². The monoisotopic (exact) mass is 281 g/mol. The van der Waals surface area contributed by atoms with Crippen LogP contribution in [0.4, 0.5) is 11.8 Å². The fraction of sp³-hybridized carbons (Fsp3) is 0. The standard InChI is InChI=1S/C14H11N5S/c15-13-11-7-3-4-17-12(7)8(10-2-1-5-20-10)6-9(11)18-14(16)19-13/h1-6H,15H2,(H3,16,18,19). The Morgan fingerprint density at radius 2 is 2.10 bits per heavy atom. The molecule has 4 aromatic rings. The molecule has 6 heteroatoms. The van der Waals surface area contributed by atoms with E-state index in [1.165, 1.54) is 0 Å². The summed E-state index contributed by atoms with van der Waals surface area (Å²) in [6.45, 7) is 0. The Morgan fingerprint density at radius 3 is 2.90 bits per heavy atom. The highest BCUT2D eigenvalue weighted by atomic mass is 32.1. The maximum atomic E-state index is 6.01. The second kappa shape index (κ2) is 3.94. The van der Waals surface area contributed by atoms with Crippen LogP contribution in [0, 0.1) is 0 Å². The molecule has 3 heterocycles. The van der Waals surface area contributed by atoms with E-state index in [-0.39, 0.29) is 0 Å². The maximum Gasteiger partial charge on any atom is 0.199 e. The van der Waals surface area contributed by atoms with Crippen molar-refractivity contribution in [3.63, 3.8) is 0 Å². The van der Waals surface area contributed by atoms with Gasteiger partial charge in [0, 0.05) is 27.4 Å². The SMILES string of the molecule is Nc1nc(N)c2c(cc(-c3cccs3)c3nccc32)[nH]1.